The van der Waals surface area contributed by atoms with E-state index in [2.05, 4.69) is 26.0 Å². The van der Waals surface area contributed by atoms with Crippen LogP contribution < -0.4 is 0 Å². The van der Waals surface area contributed by atoms with Gasteiger partial charge in [-0.25, -0.2) is 4.98 Å². The summed E-state index contributed by atoms with van der Waals surface area (Å²) >= 11 is 5.03. The first-order chi connectivity index (χ1) is 12.2. The summed E-state index contributed by atoms with van der Waals surface area (Å²) in [6, 6.07) is 3.59. The van der Waals surface area contributed by atoms with E-state index in [-0.39, 0.29) is 5.91 Å². The summed E-state index contributed by atoms with van der Waals surface area (Å²) in [7, 11) is 0. The van der Waals surface area contributed by atoms with Crippen LogP contribution in [0.3, 0.4) is 0 Å². The lowest BCUT2D eigenvalue weighted by atomic mass is 9.98. The van der Waals surface area contributed by atoms with Gasteiger partial charge in [0.05, 0.1) is 22.2 Å². The summed E-state index contributed by atoms with van der Waals surface area (Å²) in [4.78, 5) is 19.1. The number of nitrogens with zero attached hydrogens (tertiary/aromatic N) is 4. The number of aromatic nitrogens is 3. The molecule has 4 heterocycles. The van der Waals surface area contributed by atoms with Crippen LogP contribution in [0.15, 0.2) is 45.0 Å². The van der Waals surface area contributed by atoms with Crippen LogP contribution in [0.1, 0.15) is 40.1 Å². The van der Waals surface area contributed by atoms with Crippen LogP contribution in [0.4, 0.5) is 0 Å². The maximum atomic E-state index is 12.8. The molecule has 0 spiro atoms. The third-order valence-corrected chi connectivity index (χ3v) is 5.65. The van der Waals surface area contributed by atoms with Gasteiger partial charge < -0.3 is 9.32 Å². The molecule has 1 unspecified atom stereocenters. The van der Waals surface area contributed by atoms with Crippen LogP contribution in [-0.2, 0) is 6.54 Å². The molecule has 1 atom stereocenters. The van der Waals surface area contributed by atoms with Gasteiger partial charge in [0, 0.05) is 36.8 Å². The Labute approximate surface area is 157 Å². The van der Waals surface area contributed by atoms with Crippen molar-refractivity contribution >= 4 is 33.2 Å². The van der Waals surface area contributed by atoms with E-state index >= 15 is 0 Å². The molecule has 3 aromatic heterocycles. The van der Waals surface area contributed by atoms with Crippen molar-refractivity contribution in [3.8, 4) is 0 Å². The van der Waals surface area contributed by atoms with Gasteiger partial charge in [0.25, 0.3) is 5.91 Å². The molecule has 0 aliphatic carbocycles. The zero-order valence-corrected chi connectivity index (χ0v) is 15.9. The largest absolute Gasteiger partial charge is 0.454 e. The molecule has 8 heteroatoms. The molecule has 0 aromatic carbocycles. The molecule has 1 amide bonds. The Kier molecular flexibility index (Phi) is 4.72. The van der Waals surface area contributed by atoms with Gasteiger partial charge in [0.15, 0.2) is 5.76 Å². The minimum Gasteiger partial charge on any atom is -0.454 e. The number of hydrogen-bond acceptors (Lipinski definition) is 5. The first-order valence-electron chi connectivity index (χ1n) is 8.14. The average Bonchev–Trinajstić information content (AvgIpc) is 3.37. The van der Waals surface area contributed by atoms with Crippen LogP contribution in [0.2, 0.25) is 0 Å². The summed E-state index contributed by atoms with van der Waals surface area (Å²) in [5, 5.41) is 7.30. The number of hydrogen-bond donors (Lipinski definition) is 0. The maximum Gasteiger partial charge on any atom is 0.289 e. The summed E-state index contributed by atoms with van der Waals surface area (Å²) in [5.41, 5.74) is 0. The zero-order valence-electron chi connectivity index (χ0n) is 13.5. The molecule has 0 N–H and O–H groups in total. The fourth-order valence-corrected chi connectivity index (χ4v) is 4.21. The van der Waals surface area contributed by atoms with Crippen molar-refractivity contribution in [2.75, 3.05) is 13.1 Å². The van der Waals surface area contributed by atoms with Gasteiger partial charge in [0.1, 0.15) is 5.76 Å². The van der Waals surface area contributed by atoms with Crippen molar-refractivity contribution in [3.63, 3.8) is 0 Å². The van der Waals surface area contributed by atoms with Crippen molar-refractivity contribution in [1.29, 1.82) is 0 Å². The lowest BCUT2D eigenvalue weighted by Gasteiger charge is -2.31. The highest BCUT2D eigenvalue weighted by molar-refractivity contribution is 9.10. The molecule has 25 heavy (non-hydrogen) atoms. The quantitative estimate of drug-likeness (QED) is 0.644. The van der Waals surface area contributed by atoms with Crippen molar-refractivity contribution in [2.45, 2.75) is 25.3 Å². The molecule has 0 saturated carbocycles. The molecule has 6 nitrogen and oxygen atoms in total. The number of piperidine rings is 1. The van der Waals surface area contributed by atoms with Crippen LogP contribution >= 0.6 is 27.3 Å². The number of thiazole rings is 1. The highest BCUT2D eigenvalue weighted by atomic mass is 79.9. The SMILES string of the molecule is O=C(c1ccc(Cn2cc(Br)cn2)o1)N1CCCC(c2nccs2)C1. The Morgan fingerprint density at radius 3 is 3.12 bits per heavy atom. The van der Waals surface area contributed by atoms with Crippen molar-refractivity contribution in [2.24, 2.45) is 0 Å². The highest BCUT2D eigenvalue weighted by Gasteiger charge is 2.28. The van der Waals surface area contributed by atoms with E-state index in [0.717, 1.165) is 28.9 Å². The molecule has 130 valence electrons. The summed E-state index contributed by atoms with van der Waals surface area (Å²) in [6.07, 6.45) is 7.49. The van der Waals surface area contributed by atoms with Gasteiger partial charge in [-0.1, -0.05) is 0 Å². The minimum absolute atomic E-state index is 0.0471. The standard InChI is InChI=1S/C17H17BrN4O2S/c18-13-8-20-22(10-13)11-14-3-4-15(24-14)17(23)21-6-1-2-12(9-21)16-19-5-7-25-16/h3-5,7-8,10,12H,1-2,6,9,11H2. The second-order valence-electron chi connectivity index (χ2n) is 6.08. The van der Waals surface area contributed by atoms with E-state index in [1.165, 1.54) is 0 Å². The molecule has 3 aromatic rings. The van der Waals surface area contributed by atoms with Crippen LogP contribution in [-0.4, -0.2) is 38.7 Å². The number of furan rings is 1. The van der Waals surface area contributed by atoms with Crippen LogP contribution in [0.5, 0.6) is 0 Å². The molecule has 1 aliphatic heterocycles. The predicted octanol–water partition coefficient (Wildman–Crippen LogP) is 3.76. The van der Waals surface area contributed by atoms with Crippen molar-refractivity contribution in [3.05, 3.63) is 57.1 Å². The number of likely N-dealkylation sites (tertiary alicyclic amines) is 1. The van der Waals surface area contributed by atoms with E-state index in [4.69, 9.17) is 4.42 Å². The lowest BCUT2D eigenvalue weighted by Crippen LogP contribution is -2.38. The summed E-state index contributed by atoms with van der Waals surface area (Å²) in [6.45, 7) is 1.97. The number of carbonyl (C=O) groups is 1. The smallest absolute Gasteiger partial charge is 0.289 e. The summed E-state index contributed by atoms with van der Waals surface area (Å²) < 4.78 is 8.43. The molecule has 4 rings (SSSR count). The number of amides is 1. The van der Waals surface area contributed by atoms with Gasteiger partial charge in [-0.05, 0) is 40.9 Å². The van der Waals surface area contributed by atoms with Gasteiger partial charge in [0.2, 0.25) is 0 Å². The Bertz CT molecular complexity index is 858. The Hall–Kier alpha value is -1.93. The fourth-order valence-electron chi connectivity index (χ4n) is 3.12. The van der Waals surface area contributed by atoms with Crippen LogP contribution in [0, 0.1) is 0 Å². The molecule has 0 radical (unpaired) electrons. The first-order valence-corrected chi connectivity index (χ1v) is 9.81. The number of carbonyl (C=O) groups excluding carboxylic acids is 1. The minimum atomic E-state index is -0.0471. The zero-order chi connectivity index (χ0) is 17.2. The number of halogens is 1. The average molecular weight is 421 g/mol. The second kappa shape index (κ2) is 7.13. The third-order valence-electron chi connectivity index (χ3n) is 4.30. The Morgan fingerprint density at radius 1 is 1.44 bits per heavy atom. The van der Waals surface area contributed by atoms with Crippen molar-refractivity contribution < 1.29 is 9.21 Å². The normalized spacial score (nSPS) is 17.8. The van der Waals surface area contributed by atoms with Gasteiger partial charge in [-0.15, -0.1) is 11.3 Å². The molecular formula is C17H17BrN4O2S. The highest BCUT2D eigenvalue weighted by Crippen LogP contribution is 2.29. The molecular weight excluding hydrogens is 404 g/mol. The molecule has 1 aliphatic rings. The van der Waals surface area contributed by atoms with Gasteiger partial charge >= 0.3 is 0 Å². The van der Waals surface area contributed by atoms with E-state index in [9.17, 15) is 4.79 Å². The number of rotatable bonds is 4. The fraction of sp³-hybridized carbons (Fsp3) is 0.353. The van der Waals surface area contributed by atoms with Gasteiger partial charge in [-0.3, -0.25) is 9.48 Å². The third kappa shape index (κ3) is 3.69. The second-order valence-corrected chi connectivity index (χ2v) is 7.92. The van der Waals surface area contributed by atoms with Crippen molar-refractivity contribution in [1.82, 2.24) is 19.7 Å². The lowest BCUT2D eigenvalue weighted by molar-refractivity contribution is 0.0672. The summed E-state index contributed by atoms with van der Waals surface area (Å²) in [5.74, 6) is 1.39. The van der Waals surface area contributed by atoms with E-state index in [1.807, 2.05) is 28.7 Å². The van der Waals surface area contributed by atoms with E-state index in [0.29, 0.717) is 30.5 Å². The van der Waals surface area contributed by atoms with E-state index < -0.39 is 0 Å². The molecule has 1 saturated heterocycles. The van der Waals surface area contributed by atoms with E-state index in [1.54, 1.807) is 28.3 Å². The van der Waals surface area contributed by atoms with Gasteiger partial charge in [-0.2, -0.15) is 5.10 Å². The molecule has 1 fully saturated rings. The maximum absolute atomic E-state index is 12.8. The predicted molar refractivity (Wildman–Crippen MR) is 97.7 cm³/mol. The Balaban J connectivity index is 1.43. The Morgan fingerprint density at radius 2 is 2.36 bits per heavy atom. The monoisotopic (exact) mass is 420 g/mol. The van der Waals surface area contributed by atoms with Crippen LogP contribution in [0.25, 0.3) is 0 Å². The first kappa shape index (κ1) is 16.5. The molecule has 0 bridgehead atoms. The topological polar surface area (TPSA) is 64.2 Å².